The van der Waals surface area contributed by atoms with E-state index in [1.807, 2.05) is 25.4 Å². The largest absolute Gasteiger partial charge is 0.383 e. The summed E-state index contributed by atoms with van der Waals surface area (Å²) in [6.45, 7) is 4.38. The van der Waals surface area contributed by atoms with E-state index in [0.717, 1.165) is 35.6 Å². The summed E-state index contributed by atoms with van der Waals surface area (Å²) >= 11 is 0. The van der Waals surface area contributed by atoms with Crippen LogP contribution in [0.2, 0.25) is 0 Å². The predicted octanol–water partition coefficient (Wildman–Crippen LogP) is 1.51. The Bertz CT molecular complexity index is 692. The van der Waals surface area contributed by atoms with E-state index in [1.165, 1.54) is 6.33 Å². The Labute approximate surface area is 128 Å². The van der Waals surface area contributed by atoms with Crippen LogP contribution in [0.4, 0.5) is 0 Å². The van der Waals surface area contributed by atoms with Gasteiger partial charge in [-0.2, -0.15) is 5.10 Å². The fourth-order valence-corrected chi connectivity index (χ4v) is 2.29. The molecule has 0 fully saturated rings. The van der Waals surface area contributed by atoms with Gasteiger partial charge in [0, 0.05) is 37.8 Å². The maximum atomic E-state index is 5.12. The van der Waals surface area contributed by atoms with E-state index in [4.69, 9.17) is 4.74 Å². The summed E-state index contributed by atoms with van der Waals surface area (Å²) < 4.78 is 5.12. The van der Waals surface area contributed by atoms with Crippen LogP contribution in [-0.2, 0) is 4.74 Å². The Morgan fingerprint density at radius 1 is 1.36 bits per heavy atom. The van der Waals surface area contributed by atoms with Gasteiger partial charge in [0.2, 0.25) is 0 Å². The van der Waals surface area contributed by atoms with Gasteiger partial charge in [-0.25, -0.2) is 4.98 Å². The number of aromatic nitrogens is 4. The molecule has 0 amide bonds. The van der Waals surface area contributed by atoms with Gasteiger partial charge in [0.1, 0.15) is 12.0 Å². The first-order valence-electron chi connectivity index (χ1n) is 7.08. The van der Waals surface area contributed by atoms with Crippen LogP contribution in [0.15, 0.2) is 29.8 Å². The molecule has 0 aromatic carbocycles. The molecule has 0 spiro atoms. The molecule has 2 aromatic heterocycles. The zero-order valence-corrected chi connectivity index (χ0v) is 12.7. The minimum atomic E-state index is 0.664. The Morgan fingerprint density at radius 3 is 3.00 bits per heavy atom. The predicted molar refractivity (Wildman–Crippen MR) is 84.3 cm³/mol. The molecule has 0 saturated heterocycles. The summed E-state index contributed by atoms with van der Waals surface area (Å²) in [5.74, 6) is 0.664. The van der Waals surface area contributed by atoms with E-state index < -0.39 is 0 Å². The summed E-state index contributed by atoms with van der Waals surface area (Å²) in [5.41, 5.74) is 3.80. The van der Waals surface area contributed by atoms with Gasteiger partial charge in [-0.3, -0.25) is 15.1 Å². The minimum Gasteiger partial charge on any atom is -0.383 e. The average molecular weight is 298 g/mol. The number of ether oxygens (including phenoxy) is 1. The number of aryl methyl sites for hydroxylation is 1. The summed E-state index contributed by atoms with van der Waals surface area (Å²) in [6.07, 6.45) is 7.27. The fourth-order valence-electron chi connectivity index (χ4n) is 2.29. The lowest BCUT2D eigenvalue weighted by Gasteiger charge is -2.22. The van der Waals surface area contributed by atoms with E-state index in [0.29, 0.717) is 12.4 Å². The van der Waals surface area contributed by atoms with Gasteiger partial charge in [0.05, 0.1) is 18.8 Å². The standard InChI is InChI=1S/C15H18N6O/c1-11-7-13(15-18-10-19-20-15)17-8-12(11)14-9-21(4-3-16-14)5-6-22-2/h3,7-10H,4-6H2,1-2H3,(H,18,19,20). The van der Waals surface area contributed by atoms with Gasteiger partial charge in [0.15, 0.2) is 5.82 Å². The molecule has 2 aromatic rings. The molecular formula is C15H18N6O. The summed E-state index contributed by atoms with van der Waals surface area (Å²) in [4.78, 5) is 15.2. The number of hydrogen-bond acceptors (Lipinski definition) is 6. The van der Waals surface area contributed by atoms with Crippen molar-refractivity contribution in [2.75, 3.05) is 26.8 Å². The van der Waals surface area contributed by atoms with E-state index >= 15 is 0 Å². The van der Waals surface area contributed by atoms with Crippen LogP contribution in [0.5, 0.6) is 0 Å². The summed E-state index contributed by atoms with van der Waals surface area (Å²) in [5, 5.41) is 6.67. The third-order valence-corrected chi connectivity index (χ3v) is 3.48. The number of rotatable bonds is 5. The van der Waals surface area contributed by atoms with Crippen LogP contribution in [0.3, 0.4) is 0 Å². The number of aliphatic imine (C=N–C) groups is 1. The lowest BCUT2D eigenvalue weighted by molar-refractivity contribution is 0.175. The molecule has 1 aliphatic heterocycles. The molecular weight excluding hydrogens is 280 g/mol. The highest BCUT2D eigenvalue weighted by atomic mass is 16.5. The smallest absolute Gasteiger partial charge is 0.174 e. The third kappa shape index (κ3) is 3.04. The number of nitrogens with one attached hydrogen (secondary N) is 1. The lowest BCUT2D eigenvalue weighted by atomic mass is 10.1. The molecule has 0 unspecified atom stereocenters. The maximum Gasteiger partial charge on any atom is 0.174 e. The van der Waals surface area contributed by atoms with Crippen LogP contribution >= 0.6 is 0 Å². The molecule has 0 saturated carbocycles. The second-order valence-corrected chi connectivity index (χ2v) is 5.03. The molecule has 114 valence electrons. The molecule has 0 atom stereocenters. The molecule has 0 bridgehead atoms. The molecule has 3 heterocycles. The second-order valence-electron chi connectivity index (χ2n) is 5.03. The molecule has 0 radical (unpaired) electrons. The SMILES string of the molecule is COCCN1C=C(c2cnc(-c3ncn[nH]3)cc2C)N=CC1. The Morgan fingerprint density at radius 2 is 2.27 bits per heavy atom. The van der Waals surface area contributed by atoms with Gasteiger partial charge in [-0.1, -0.05) is 0 Å². The molecule has 7 heteroatoms. The highest BCUT2D eigenvalue weighted by molar-refractivity contribution is 5.78. The fraction of sp³-hybridized carbons (Fsp3) is 0.333. The van der Waals surface area contributed by atoms with E-state index in [2.05, 4.69) is 36.3 Å². The summed E-state index contributed by atoms with van der Waals surface area (Å²) in [7, 11) is 1.71. The zero-order chi connectivity index (χ0) is 15.4. The highest BCUT2D eigenvalue weighted by Crippen LogP contribution is 2.24. The van der Waals surface area contributed by atoms with Gasteiger partial charge in [0.25, 0.3) is 0 Å². The lowest BCUT2D eigenvalue weighted by Crippen LogP contribution is -2.26. The number of aromatic amines is 1. The van der Waals surface area contributed by atoms with E-state index in [1.54, 1.807) is 7.11 Å². The first-order valence-corrected chi connectivity index (χ1v) is 7.08. The first-order chi connectivity index (χ1) is 10.8. The van der Waals surface area contributed by atoms with Crippen molar-refractivity contribution >= 4 is 11.9 Å². The number of H-pyrrole nitrogens is 1. The van der Waals surface area contributed by atoms with Crippen LogP contribution in [0.25, 0.3) is 17.2 Å². The number of pyridine rings is 1. The summed E-state index contributed by atoms with van der Waals surface area (Å²) in [6, 6.07) is 1.99. The van der Waals surface area contributed by atoms with Crippen molar-refractivity contribution < 1.29 is 4.74 Å². The third-order valence-electron chi connectivity index (χ3n) is 3.48. The van der Waals surface area contributed by atoms with E-state index in [9.17, 15) is 0 Å². The monoisotopic (exact) mass is 298 g/mol. The number of hydrogen-bond donors (Lipinski definition) is 1. The highest BCUT2D eigenvalue weighted by Gasteiger charge is 2.12. The first kappa shape index (κ1) is 14.4. The van der Waals surface area contributed by atoms with Gasteiger partial charge in [-0.05, 0) is 18.6 Å². The van der Waals surface area contributed by atoms with Crippen molar-refractivity contribution in [3.8, 4) is 11.5 Å². The van der Waals surface area contributed by atoms with Crippen LogP contribution in [0.1, 0.15) is 11.1 Å². The molecule has 0 aliphatic carbocycles. The van der Waals surface area contributed by atoms with Crippen molar-refractivity contribution in [1.82, 2.24) is 25.1 Å². The van der Waals surface area contributed by atoms with Crippen molar-refractivity contribution in [2.45, 2.75) is 6.92 Å². The molecule has 3 rings (SSSR count). The minimum absolute atomic E-state index is 0.664. The molecule has 7 nitrogen and oxygen atoms in total. The normalized spacial score (nSPS) is 14.3. The number of nitrogens with zero attached hydrogens (tertiary/aromatic N) is 5. The van der Waals surface area contributed by atoms with Crippen molar-refractivity contribution in [2.24, 2.45) is 4.99 Å². The zero-order valence-electron chi connectivity index (χ0n) is 12.7. The van der Waals surface area contributed by atoms with Gasteiger partial charge >= 0.3 is 0 Å². The Hall–Kier alpha value is -2.54. The Balaban J connectivity index is 1.85. The second kappa shape index (κ2) is 6.48. The quantitative estimate of drug-likeness (QED) is 0.905. The molecule has 1 aliphatic rings. The molecule has 22 heavy (non-hydrogen) atoms. The van der Waals surface area contributed by atoms with E-state index in [-0.39, 0.29) is 0 Å². The number of methoxy groups -OCH3 is 1. The Kier molecular flexibility index (Phi) is 4.24. The van der Waals surface area contributed by atoms with Crippen LogP contribution in [-0.4, -0.2) is 58.1 Å². The topological polar surface area (TPSA) is 79.3 Å². The van der Waals surface area contributed by atoms with Crippen LogP contribution < -0.4 is 0 Å². The van der Waals surface area contributed by atoms with Crippen molar-refractivity contribution in [1.29, 1.82) is 0 Å². The van der Waals surface area contributed by atoms with Crippen molar-refractivity contribution in [3.63, 3.8) is 0 Å². The maximum absolute atomic E-state index is 5.12. The van der Waals surface area contributed by atoms with Crippen molar-refractivity contribution in [3.05, 3.63) is 35.9 Å². The van der Waals surface area contributed by atoms with Gasteiger partial charge in [-0.15, -0.1) is 0 Å². The van der Waals surface area contributed by atoms with Gasteiger partial charge < -0.3 is 9.64 Å². The average Bonchev–Trinajstić information content (AvgIpc) is 3.07. The van der Waals surface area contributed by atoms with Crippen LogP contribution in [0, 0.1) is 6.92 Å². The molecule has 1 N–H and O–H groups in total.